The molecule has 3 rings (SSSR count). The number of hydrogen-bond acceptors (Lipinski definition) is 4. The van der Waals surface area contributed by atoms with E-state index in [4.69, 9.17) is 0 Å². The van der Waals surface area contributed by atoms with Crippen LogP contribution in [0.2, 0.25) is 0 Å². The lowest BCUT2D eigenvalue weighted by molar-refractivity contribution is -0.122. The van der Waals surface area contributed by atoms with Gasteiger partial charge in [0.2, 0.25) is 11.0 Å². The minimum atomic E-state index is 0.0825. The first kappa shape index (κ1) is 14.2. The summed E-state index contributed by atoms with van der Waals surface area (Å²) in [7, 11) is 0. The van der Waals surface area contributed by atoms with Gasteiger partial charge in [-0.15, -0.1) is 10.2 Å². The van der Waals surface area contributed by atoms with Crippen LogP contribution >= 0.6 is 11.3 Å². The van der Waals surface area contributed by atoms with E-state index in [0.717, 1.165) is 29.8 Å². The van der Waals surface area contributed by atoms with Crippen LogP contribution in [0, 0.1) is 5.92 Å². The van der Waals surface area contributed by atoms with Gasteiger partial charge in [0.05, 0.1) is 0 Å². The van der Waals surface area contributed by atoms with Crippen molar-refractivity contribution in [3.8, 4) is 10.6 Å². The predicted octanol–water partition coefficient (Wildman–Crippen LogP) is 4.07. The van der Waals surface area contributed by atoms with Crippen LogP contribution in [0.25, 0.3) is 10.6 Å². The van der Waals surface area contributed by atoms with E-state index in [9.17, 15) is 4.79 Å². The summed E-state index contributed by atoms with van der Waals surface area (Å²) < 4.78 is 0. The number of amides is 1. The minimum absolute atomic E-state index is 0.0825. The van der Waals surface area contributed by atoms with Gasteiger partial charge in [0.25, 0.3) is 0 Å². The molecule has 0 atom stereocenters. The molecule has 1 N–H and O–H groups in total. The second-order valence-electron chi connectivity index (χ2n) is 5.81. The quantitative estimate of drug-likeness (QED) is 0.926. The van der Waals surface area contributed by atoms with E-state index in [1.54, 1.807) is 0 Å². The Labute approximate surface area is 128 Å². The van der Waals surface area contributed by atoms with Gasteiger partial charge in [-0.3, -0.25) is 4.79 Å². The van der Waals surface area contributed by atoms with E-state index < -0.39 is 0 Å². The summed E-state index contributed by atoms with van der Waals surface area (Å²) in [5.41, 5.74) is 2.35. The molecule has 0 radical (unpaired) electrons. The summed E-state index contributed by atoms with van der Waals surface area (Å²) in [5, 5.41) is 12.5. The summed E-state index contributed by atoms with van der Waals surface area (Å²) in [5.74, 6) is 0.771. The van der Waals surface area contributed by atoms with Crippen molar-refractivity contribution in [3.63, 3.8) is 0 Å². The Morgan fingerprint density at radius 2 is 1.95 bits per heavy atom. The highest BCUT2D eigenvalue weighted by Gasteiger charge is 2.26. The largest absolute Gasteiger partial charge is 0.300 e. The van der Waals surface area contributed by atoms with Crippen LogP contribution in [0.5, 0.6) is 0 Å². The molecule has 1 aromatic heterocycles. The van der Waals surface area contributed by atoms with Crippen LogP contribution in [0.1, 0.15) is 44.6 Å². The van der Waals surface area contributed by atoms with Crippen LogP contribution in [0.15, 0.2) is 24.3 Å². The van der Waals surface area contributed by atoms with E-state index in [1.807, 2.05) is 0 Å². The molecular formula is C16H19N3OS. The molecule has 110 valence electrons. The number of benzene rings is 1. The van der Waals surface area contributed by atoms with Gasteiger partial charge in [0, 0.05) is 11.5 Å². The first-order valence-corrected chi connectivity index (χ1v) is 8.20. The number of aromatic nitrogens is 2. The van der Waals surface area contributed by atoms with Crippen molar-refractivity contribution < 1.29 is 4.79 Å². The lowest BCUT2D eigenvalue weighted by Crippen LogP contribution is -2.27. The summed E-state index contributed by atoms with van der Waals surface area (Å²) in [6.07, 6.45) is 3.14. The summed E-state index contributed by atoms with van der Waals surface area (Å²) in [4.78, 5) is 11.9. The Morgan fingerprint density at radius 1 is 1.24 bits per heavy atom. The average molecular weight is 301 g/mol. The molecule has 5 heteroatoms. The van der Waals surface area contributed by atoms with Gasteiger partial charge in [-0.2, -0.15) is 0 Å². The third-order valence-electron chi connectivity index (χ3n) is 3.96. The van der Waals surface area contributed by atoms with Gasteiger partial charge in [-0.1, -0.05) is 55.9 Å². The van der Waals surface area contributed by atoms with E-state index in [1.165, 1.54) is 16.9 Å². The maximum Gasteiger partial charge on any atom is 0.229 e. The molecule has 1 aromatic carbocycles. The van der Waals surface area contributed by atoms with Crippen LogP contribution in [0.4, 0.5) is 5.13 Å². The Balaban J connectivity index is 1.70. The second kappa shape index (κ2) is 5.93. The summed E-state index contributed by atoms with van der Waals surface area (Å²) in [6, 6.07) is 8.36. The zero-order valence-corrected chi connectivity index (χ0v) is 13.1. The standard InChI is InChI=1S/C16H19N3OS/c1-10(2)11-6-8-13(9-7-11)15-18-19-16(21-15)17-14(20)12-4-3-5-12/h6-10,12H,3-5H2,1-2H3,(H,17,19,20). The monoisotopic (exact) mass is 301 g/mol. The fraction of sp³-hybridized carbons (Fsp3) is 0.438. The molecule has 0 spiro atoms. The third-order valence-corrected chi connectivity index (χ3v) is 4.84. The summed E-state index contributed by atoms with van der Waals surface area (Å²) >= 11 is 1.43. The molecule has 0 saturated heterocycles. The SMILES string of the molecule is CC(C)c1ccc(-c2nnc(NC(=O)C3CCC3)s2)cc1. The zero-order chi connectivity index (χ0) is 14.8. The van der Waals surface area contributed by atoms with Crippen LogP contribution in [-0.4, -0.2) is 16.1 Å². The first-order chi connectivity index (χ1) is 10.1. The third kappa shape index (κ3) is 3.13. The Kier molecular flexibility index (Phi) is 4.01. The van der Waals surface area contributed by atoms with Crippen LogP contribution in [-0.2, 0) is 4.79 Å². The van der Waals surface area contributed by atoms with E-state index in [-0.39, 0.29) is 11.8 Å². The molecule has 21 heavy (non-hydrogen) atoms. The molecule has 1 aliphatic rings. The number of anilines is 1. The maximum absolute atomic E-state index is 11.9. The molecule has 1 heterocycles. The normalized spacial score (nSPS) is 15.0. The smallest absolute Gasteiger partial charge is 0.229 e. The van der Waals surface area contributed by atoms with Gasteiger partial charge >= 0.3 is 0 Å². The van der Waals surface area contributed by atoms with Crippen molar-refractivity contribution in [1.82, 2.24) is 10.2 Å². The van der Waals surface area contributed by atoms with Gasteiger partial charge in [0.15, 0.2) is 0 Å². The van der Waals surface area contributed by atoms with Crippen molar-refractivity contribution in [1.29, 1.82) is 0 Å². The topological polar surface area (TPSA) is 54.9 Å². The minimum Gasteiger partial charge on any atom is -0.300 e. The highest BCUT2D eigenvalue weighted by molar-refractivity contribution is 7.18. The molecule has 1 aliphatic carbocycles. The zero-order valence-electron chi connectivity index (χ0n) is 12.3. The number of rotatable bonds is 4. The van der Waals surface area contributed by atoms with Crippen LogP contribution in [0.3, 0.4) is 0 Å². The van der Waals surface area contributed by atoms with Gasteiger partial charge in [-0.25, -0.2) is 0 Å². The second-order valence-corrected chi connectivity index (χ2v) is 6.78. The Morgan fingerprint density at radius 3 is 2.52 bits per heavy atom. The van der Waals surface area contributed by atoms with Crippen molar-refractivity contribution in [3.05, 3.63) is 29.8 Å². The Bertz CT molecular complexity index is 629. The fourth-order valence-corrected chi connectivity index (χ4v) is 3.03. The van der Waals surface area contributed by atoms with E-state index in [2.05, 4.69) is 53.6 Å². The molecule has 2 aromatic rings. The summed E-state index contributed by atoms with van der Waals surface area (Å²) in [6.45, 7) is 4.35. The lowest BCUT2D eigenvalue weighted by atomic mass is 9.85. The highest BCUT2D eigenvalue weighted by atomic mass is 32.1. The van der Waals surface area contributed by atoms with Gasteiger partial charge < -0.3 is 5.32 Å². The van der Waals surface area contributed by atoms with Gasteiger partial charge in [-0.05, 0) is 24.3 Å². The van der Waals surface area contributed by atoms with Crippen molar-refractivity contribution in [2.45, 2.75) is 39.0 Å². The molecule has 0 unspecified atom stereocenters. The van der Waals surface area contributed by atoms with E-state index >= 15 is 0 Å². The number of carbonyl (C=O) groups is 1. The maximum atomic E-state index is 11.9. The average Bonchev–Trinajstić information content (AvgIpc) is 2.85. The first-order valence-electron chi connectivity index (χ1n) is 7.38. The molecular weight excluding hydrogens is 282 g/mol. The molecule has 0 aliphatic heterocycles. The lowest BCUT2D eigenvalue weighted by Gasteiger charge is -2.23. The molecule has 0 bridgehead atoms. The molecule has 1 amide bonds. The number of carbonyl (C=O) groups excluding carboxylic acids is 1. The van der Waals surface area contributed by atoms with Crippen LogP contribution < -0.4 is 5.32 Å². The van der Waals surface area contributed by atoms with Gasteiger partial charge in [0.1, 0.15) is 5.01 Å². The molecule has 1 fully saturated rings. The molecule has 1 saturated carbocycles. The van der Waals surface area contributed by atoms with Crippen molar-refractivity contribution in [2.75, 3.05) is 5.32 Å². The highest BCUT2D eigenvalue weighted by Crippen LogP contribution is 2.30. The number of nitrogens with one attached hydrogen (secondary N) is 1. The van der Waals surface area contributed by atoms with E-state index in [0.29, 0.717) is 11.0 Å². The molecule has 4 nitrogen and oxygen atoms in total. The number of hydrogen-bond donors (Lipinski definition) is 1. The predicted molar refractivity (Wildman–Crippen MR) is 85.4 cm³/mol. The van der Waals surface area contributed by atoms with Crippen molar-refractivity contribution in [2.24, 2.45) is 5.92 Å². The number of nitrogens with zero attached hydrogens (tertiary/aromatic N) is 2. The fourth-order valence-electron chi connectivity index (χ4n) is 2.28. The Hall–Kier alpha value is -1.75. The van der Waals surface area contributed by atoms with Crippen molar-refractivity contribution >= 4 is 22.4 Å².